The molecule has 0 bridgehead atoms. The first-order valence-corrected chi connectivity index (χ1v) is 14.4. The molecule has 194 valence electrons. The van der Waals surface area contributed by atoms with Crippen LogP contribution in [0.1, 0.15) is 20.3 Å². The second-order valence-corrected chi connectivity index (χ2v) is 11.8. The van der Waals surface area contributed by atoms with Crippen LogP contribution in [0, 0.1) is 0 Å². The van der Waals surface area contributed by atoms with Crippen LogP contribution < -0.4 is 19.1 Å². The Bertz CT molecular complexity index is 1180. The van der Waals surface area contributed by atoms with Gasteiger partial charge in [-0.1, -0.05) is 6.92 Å². The number of hydrogen-bond donors (Lipinski definition) is 1. The molecule has 1 N–H and O–H groups in total. The number of ether oxygens (including phenoxy) is 2. The summed E-state index contributed by atoms with van der Waals surface area (Å²) in [5.41, 5.74) is 0.363. The van der Waals surface area contributed by atoms with Gasteiger partial charge >= 0.3 is 0 Å². The number of rotatable bonds is 13. The molecule has 1 atom stereocenters. The van der Waals surface area contributed by atoms with E-state index in [1.807, 2.05) is 6.92 Å². The van der Waals surface area contributed by atoms with Gasteiger partial charge in [0.25, 0.3) is 0 Å². The Kier molecular flexibility index (Phi) is 9.92. The molecule has 10 nitrogen and oxygen atoms in total. The molecule has 35 heavy (non-hydrogen) atoms. The van der Waals surface area contributed by atoms with Crippen LogP contribution in [0.25, 0.3) is 0 Å². The third kappa shape index (κ3) is 7.58. The Morgan fingerprint density at radius 1 is 0.914 bits per heavy atom. The molecule has 0 aromatic heterocycles. The summed E-state index contributed by atoms with van der Waals surface area (Å²) in [5, 5.41) is 2.71. The van der Waals surface area contributed by atoms with Crippen LogP contribution in [0.3, 0.4) is 0 Å². The number of hydrogen-bond acceptors (Lipinski definition) is 7. The fourth-order valence-electron chi connectivity index (χ4n) is 3.30. The van der Waals surface area contributed by atoms with Gasteiger partial charge in [0.1, 0.15) is 24.1 Å². The molecule has 0 aliphatic rings. The van der Waals surface area contributed by atoms with Crippen LogP contribution in [0.15, 0.2) is 53.4 Å². The van der Waals surface area contributed by atoms with Crippen molar-refractivity contribution in [3.8, 4) is 11.5 Å². The highest BCUT2D eigenvalue weighted by Crippen LogP contribution is 2.25. The second kappa shape index (κ2) is 12.2. The Morgan fingerprint density at radius 3 is 1.94 bits per heavy atom. The summed E-state index contributed by atoms with van der Waals surface area (Å²) >= 11 is 0. The highest BCUT2D eigenvalue weighted by molar-refractivity contribution is 7.92. The molecule has 12 heteroatoms. The fraction of sp³-hybridized carbons (Fsp3) is 0.435. The van der Waals surface area contributed by atoms with Crippen LogP contribution in [0.4, 0.5) is 5.69 Å². The lowest BCUT2D eigenvalue weighted by molar-refractivity contribution is -0.122. The molecule has 2 rings (SSSR count). The number of amides is 1. The molecule has 0 fully saturated rings. The van der Waals surface area contributed by atoms with Gasteiger partial charge in [-0.05, 0) is 61.9 Å². The van der Waals surface area contributed by atoms with Crippen LogP contribution in [0.2, 0.25) is 0 Å². The van der Waals surface area contributed by atoms with Gasteiger partial charge < -0.3 is 14.8 Å². The van der Waals surface area contributed by atoms with Crippen molar-refractivity contribution in [1.29, 1.82) is 0 Å². The number of nitrogens with zero attached hydrogens (tertiary/aromatic N) is 2. The van der Waals surface area contributed by atoms with Crippen molar-refractivity contribution in [2.75, 3.05) is 44.4 Å². The Morgan fingerprint density at radius 2 is 1.46 bits per heavy atom. The maximum Gasteiger partial charge on any atom is 0.244 e. The number of sulfonamides is 2. The molecule has 2 aromatic carbocycles. The lowest BCUT2D eigenvalue weighted by atomic mass is 10.2. The van der Waals surface area contributed by atoms with Crippen molar-refractivity contribution in [1.82, 2.24) is 9.62 Å². The maximum absolute atomic E-state index is 12.9. The van der Waals surface area contributed by atoms with E-state index in [-0.39, 0.29) is 24.5 Å². The van der Waals surface area contributed by atoms with Gasteiger partial charge in [0.05, 0.1) is 30.0 Å². The molecular formula is C23H33N3O7S2. The van der Waals surface area contributed by atoms with E-state index < -0.39 is 32.0 Å². The van der Waals surface area contributed by atoms with E-state index in [4.69, 9.17) is 9.47 Å². The van der Waals surface area contributed by atoms with E-state index in [0.717, 1.165) is 14.9 Å². The molecular weight excluding hydrogens is 494 g/mol. The Balaban J connectivity index is 2.01. The van der Waals surface area contributed by atoms with E-state index in [9.17, 15) is 21.6 Å². The van der Waals surface area contributed by atoms with Crippen LogP contribution in [0.5, 0.6) is 11.5 Å². The van der Waals surface area contributed by atoms with Gasteiger partial charge in [0.2, 0.25) is 26.0 Å². The van der Waals surface area contributed by atoms with E-state index in [0.29, 0.717) is 23.8 Å². The molecule has 0 aliphatic carbocycles. The van der Waals surface area contributed by atoms with E-state index in [2.05, 4.69) is 5.32 Å². The van der Waals surface area contributed by atoms with Gasteiger partial charge in [0.15, 0.2) is 0 Å². The summed E-state index contributed by atoms with van der Waals surface area (Å²) in [4.78, 5) is 13.0. The normalized spacial score (nSPS) is 12.7. The molecule has 2 aromatic rings. The van der Waals surface area contributed by atoms with Gasteiger partial charge in [0, 0.05) is 14.1 Å². The predicted molar refractivity (Wildman–Crippen MR) is 135 cm³/mol. The minimum atomic E-state index is -3.75. The molecule has 0 aliphatic heterocycles. The van der Waals surface area contributed by atoms with Crippen molar-refractivity contribution in [3.05, 3.63) is 48.5 Å². The Hall–Kier alpha value is -2.83. The topological polar surface area (TPSA) is 122 Å². The SMILES string of the molecule is CCOc1ccc(N(C(CC)C(=O)NCCOc2ccc(S(=O)(=O)N(C)C)cc2)S(C)(=O)=O)cc1. The van der Waals surface area contributed by atoms with Crippen LogP contribution >= 0.6 is 0 Å². The standard InChI is InChI=1S/C23H33N3O7S2/c1-6-22(26(34(5,28)29)18-8-10-19(11-9-18)32-7-2)23(27)24-16-17-33-20-12-14-21(15-13-20)35(30,31)25(3)4/h8-15,22H,6-7,16-17H2,1-5H3,(H,24,27). The first-order chi connectivity index (χ1) is 16.4. The summed E-state index contributed by atoms with van der Waals surface area (Å²) in [6, 6.07) is 11.5. The molecule has 0 spiro atoms. The molecule has 1 amide bonds. The van der Waals surface area contributed by atoms with Gasteiger partial charge in [-0.15, -0.1) is 0 Å². The molecule has 0 heterocycles. The zero-order valence-corrected chi connectivity index (χ0v) is 22.2. The smallest absolute Gasteiger partial charge is 0.244 e. The first kappa shape index (κ1) is 28.4. The molecule has 0 radical (unpaired) electrons. The third-order valence-corrected chi connectivity index (χ3v) is 8.01. The monoisotopic (exact) mass is 527 g/mol. The lowest BCUT2D eigenvalue weighted by Crippen LogP contribution is -2.50. The van der Waals surface area contributed by atoms with Crippen molar-refractivity contribution in [3.63, 3.8) is 0 Å². The zero-order chi connectivity index (χ0) is 26.2. The summed E-state index contributed by atoms with van der Waals surface area (Å²) in [6.45, 7) is 4.31. The summed E-state index contributed by atoms with van der Waals surface area (Å²) < 4.78 is 62.6. The zero-order valence-electron chi connectivity index (χ0n) is 20.6. The van der Waals surface area contributed by atoms with E-state index >= 15 is 0 Å². The number of anilines is 1. The molecule has 0 saturated carbocycles. The summed E-state index contributed by atoms with van der Waals surface area (Å²) in [6.07, 6.45) is 1.32. The van der Waals surface area contributed by atoms with Gasteiger partial charge in [-0.3, -0.25) is 9.10 Å². The fourth-order valence-corrected chi connectivity index (χ4v) is 5.41. The molecule has 1 unspecified atom stereocenters. The largest absolute Gasteiger partial charge is 0.494 e. The highest BCUT2D eigenvalue weighted by Gasteiger charge is 2.31. The number of benzene rings is 2. The van der Waals surface area contributed by atoms with Crippen LogP contribution in [-0.4, -0.2) is 73.2 Å². The van der Waals surface area contributed by atoms with E-state index in [1.165, 1.54) is 38.4 Å². The van der Waals surface area contributed by atoms with Crippen molar-refractivity contribution in [2.24, 2.45) is 0 Å². The number of nitrogens with one attached hydrogen (secondary N) is 1. The van der Waals surface area contributed by atoms with Crippen LogP contribution in [-0.2, 0) is 24.8 Å². The van der Waals surface area contributed by atoms with Crippen molar-refractivity contribution in [2.45, 2.75) is 31.2 Å². The average molecular weight is 528 g/mol. The number of carbonyl (C=O) groups excluding carboxylic acids is 1. The minimum Gasteiger partial charge on any atom is -0.494 e. The average Bonchev–Trinajstić information content (AvgIpc) is 2.80. The van der Waals surface area contributed by atoms with E-state index in [1.54, 1.807) is 31.2 Å². The minimum absolute atomic E-state index is 0.115. The predicted octanol–water partition coefficient (Wildman–Crippen LogP) is 2.08. The molecule has 0 saturated heterocycles. The third-order valence-electron chi connectivity index (χ3n) is 5.00. The summed E-state index contributed by atoms with van der Waals surface area (Å²) in [5.74, 6) is 0.589. The van der Waals surface area contributed by atoms with Gasteiger partial charge in [-0.25, -0.2) is 21.1 Å². The lowest BCUT2D eigenvalue weighted by Gasteiger charge is -2.30. The van der Waals surface area contributed by atoms with Crippen molar-refractivity contribution < 1.29 is 31.1 Å². The number of carbonyl (C=O) groups is 1. The quantitative estimate of drug-likeness (QED) is 0.396. The maximum atomic E-state index is 12.9. The second-order valence-electron chi connectivity index (χ2n) is 7.81. The van der Waals surface area contributed by atoms with Gasteiger partial charge in [-0.2, -0.15) is 0 Å². The summed E-state index contributed by atoms with van der Waals surface area (Å²) in [7, 11) is -4.38. The Labute approximate surface area is 207 Å². The highest BCUT2D eigenvalue weighted by atomic mass is 32.2. The van der Waals surface area contributed by atoms with Crippen molar-refractivity contribution >= 4 is 31.6 Å². The first-order valence-electron chi connectivity index (χ1n) is 11.1.